The van der Waals surface area contributed by atoms with Crippen LogP contribution >= 0.6 is 0 Å². The summed E-state index contributed by atoms with van der Waals surface area (Å²) in [5.74, 6) is 0.634. The van der Waals surface area contributed by atoms with Gasteiger partial charge in [0.15, 0.2) is 0 Å². The minimum atomic E-state index is 0.634. The van der Waals surface area contributed by atoms with E-state index in [1.165, 1.54) is 5.39 Å². The number of nitrogen functional groups attached to an aromatic ring is 1. The molecule has 0 unspecified atom stereocenters. The van der Waals surface area contributed by atoms with Gasteiger partial charge in [-0.05, 0) is 17.9 Å². The van der Waals surface area contributed by atoms with Crippen LogP contribution in [-0.4, -0.2) is 4.98 Å². The van der Waals surface area contributed by atoms with Crippen molar-refractivity contribution in [2.45, 2.75) is 13.3 Å². The van der Waals surface area contributed by atoms with Crippen molar-refractivity contribution in [3.63, 3.8) is 0 Å². The molecule has 0 radical (unpaired) electrons. The summed E-state index contributed by atoms with van der Waals surface area (Å²) in [6, 6.07) is 10.1. The highest BCUT2D eigenvalue weighted by atomic mass is 14.8. The van der Waals surface area contributed by atoms with Crippen LogP contribution in [0.4, 0.5) is 5.82 Å². The van der Waals surface area contributed by atoms with E-state index in [9.17, 15) is 0 Å². The molecule has 0 spiro atoms. The van der Waals surface area contributed by atoms with E-state index in [1.807, 2.05) is 18.2 Å². The van der Waals surface area contributed by atoms with E-state index in [0.717, 1.165) is 17.5 Å². The van der Waals surface area contributed by atoms with Gasteiger partial charge in [-0.3, -0.25) is 0 Å². The number of hydrogen-bond donors (Lipinski definition) is 1. The minimum absolute atomic E-state index is 0.634. The van der Waals surface area contributed by atoms with E-state index in [0.29, 0.717) is 5.82 Å². The maximum absolute atomic E-state index is 5.82. The molecule has 1 aromatic carbocycles. The Labute approximate surface area is 77.4 Å². The molecule has 2 N–H and O–H groups in total. The molecule has 2 nitrogen and oxygen atoms in total. The van der Waals surface area contributed by atoms with Crippen molar-refractivity contribution in [2.75, 3.05) is 5.73 Å². The van der Waals surface area contributed by atoms with Gasteiger partial charge in [-0.1, -0.05) is 31.2 Å². The summed E-state index contributed by atoms with van der Waals surface area (Å²) in [6.07, 6.45) is 0.926. The van der Waals surface area contributed by atoms with E-state index in [2.05, 4.69) is 24.0 Å². The van der Waals surface area contributed by atoms with Crippen molar-refractivity contribution in [1.29, 1.82) is 0 Å². The highest BCUT2D eigenvalue weighted by Crippen LogP contribution is 2.19. The monoisotopic (exact) mass is 172 g/mol. The molecule has 0 saturated heterocycles. The summed E-state index contributed by atoms with van der Waals surface area (Å²) in [4.78, 5) is 4.30. The van der Waals surface area contributed by atoms with E-state index >= 15 is 0 Å². The van der Waals surface area contributed by atoms with Gasteiger partial charge in [0, 0.05) is 11.1 Å². The number of fused-ring (bicyclic) bond motifs is 1. The highest BCUT2D eigenvalue weighted by molar-refractivity contribution is 5.91. The SMILES string of the molecule is CCc1cc2ccccc2c(N)n1. The van der Waals surface area contributed by atoms with Crippen LogP contribution in [0.25, 0.3) is 10.8 Å². The number of hydrogen-bond acceptors (Lipinski definition) is 2. The molecule has 0 atom stereocenters. The summed E-state index contributed by atoms with van der Waals surface area (Å²) in [5.41, 5.74) is 6.87. The van der Waals surface area contributed by atoms with Gasteiger partial charge in [-0.2, -0.15) is 0 Å². The fourth-order valence-electron chi connectivity index (χ4n) is 1.46. The Morgan fingerprint density at radius 2 is 2.08 bits per heavy atom. The smallest absolute Gasteiger partial charge is 0.131 e. The first-order valence-corrected chi connectivity index (χ1v) is 4.45. The number of pyridine rings is 1. The van der Waals surface area contributed by atoms with E-state index in [1.54, 1.807) is 0 Å². The number of benzene rings is 1. The average molecular weight is 172 g/mol. The molecule has 0 amide bonds. The van der Waals surface area contributed by atoms with Crippen molar-refractivity contribution in [1.82, 2.24) is 4.98 Å². The fraction of sp³-hybridized carbons (Fsp3) is 0.182. The van der Waals surface area contributed by atoms with Gasteiger partial charge in [0.25, 0.3) is 0 Å². The van der Waals surface area contributed by atoms with Crippen molar-refractivity contribution in [2.24, 2.45) is 0 Å². The molecule has 1 aromatic heterocycles. The fourth-order valence-corrected chi connectivity index (χ4v) is 1.46. The third-order valence-electron chi connectivity index (χ3n) is 2.19. The minimum Gasteiger partial charge on any atom is -0.383 e. The number of nitrogens with zero attached hydrogens (tertiary/aromatic N) is 1. The summed E-state index contributed by atoms with van der Waals surface area (Å²) in [6.45, 7) is 2.08. The van der Waals surface area contributed by atoms with Gasteiger partial charge >= 0.3 is 0 Å². The first-order chi connectivity index (χ1) is 6.31. The third-order valence-corrected chi connectivity index (χ3v) is 2.19. The predicted molar refractivity (Wildman–Crippen MR) is 55.5 cm³/mol. The van der Waals surface area contributed by atoms with Gasteiger partial charge < -0.3 is 5.73 Å². The molecular weight excluding hydrogens is 160 g/mol. The average Bonchev–Trinajstić information content (AvgIpc) is 2.18. The van der Waals surface area contributed by atoms with E-state index in [4.69, 9.17) is 5.73 Å². The number of rotatable bonds is 1. The summed E-state index contributed by atoms with van der Waals surface area (Å²) >= 11 is 0. The third kappa shape index (κ3) is 1.35. The van der Waals surface area contributed by atoms with Crippen molar-refractivity contribution >= 4 is 16.6 Å². The molecular formula is C11H12N2. The maximum atomic E-state index is 5.82. The molecule has 0 fully saturated rings. The number of aromatic nitrogens is 1. The Morgan fingerprint density at radius 1 is 1.31 bits per heavy atom. The first-order valence-electron chi connectivity index (χ1n) is 4.45. The highest BCUT2D eigenvalue weighted by Gasteiger charge is 2.00. The predicted octanol–water partition coefficient (Wildman–Crippen LogP) is 2.38. The molecule has 2 rings (SSSR count). The lowest BCUT2D eigenvalue weighted by molar-refractivity contribution is 1.05. The van der Waals surface area contributed by atoms with E-state index < -0.39 is 0 Å². The molecule has 13 heavy (non-hydrogen) atoms. The largest absolute Gasteiger partial charge is 0.383 e. The zero-order valence-electron chi connectivity index (χ0n) is 7.62. The van der Waals surface area contributed by atoms with E-state index in [-0.39, 0.29) is 0 Å². The molecule has 0 aliphatic carbocycles. The van der Waals surface area contributed by atoms with Crippen LogP contribution in [0.15, 0.2) is 30.3 Å². The normalized spacial score (nSPS) is 10.5. The topological polar surface area (TPSA) is 38.9 Å². The van der Waals surface area contributed by atoms with Gasteiger partial charge in [0.05, 0.1) is 0 Å². The molecule has 1 heterocycles. The first kappa shape index (κ1) is 8.05. The summed E-state index contributed by atoms with van der Waals surface area (Å²) < 4.78 is 0. The van der Waals surface area contributed by atoms with Gasteiger partial charge in [0.2, 0.25) is 0 Å². The molecule has 2 aromatic rings. The quantitative estimate of drug-likeness (QED) is 0.717. The molecule has 2 heteroatoms. The van der Waals surface area contributed by atoms with Crippen LogP contribution in [-0.2, 0) is 6.42 Å². The van der Waals surface area contributed by atoms with Crippen molar-refractivity contribution in [3.05, 3.63) is 36.0 Å². The van der Waals surface area contributed by atoms with Crippen LogP contribution in [0.1, 0.15) is 12.6 Å². The second-order valence-electron chi connectivity index (χ2n) is 3.07. The van der Waals surface area contributed by atoms with Gasteiger partial charge in [-0.25, -0.2) is 4.98 Å². The molecule has 0 saturated carbocycles. The lowest BCUT2D eigenvalue weighted by Crippen LogP contribution is -1.95. The van der Waals surface area contributed by atoms with Crippen LogP contribution in [0.2, 0.25) is 0 Å². The zero-order valence-corrected chi connectivity index (χ0v) is 7.62. The Kier molecular flexibility index (Phi) is 1.89. The molecule has 0 aliphatic rings. The summed E-state index contributed by atoms with van der Waals surface area (Å²) in [7, 11) is 0. The second-order valence-corrected chi connectivity index (χ2v) is 3.07. The molecule has 0 bridgehead atoms. The van der Waals surface area contributed by atoms with Crippen molar-refractivity contribution in [3.8, 4) is 0 Å². The number of nitrogens with two attached hydrogens (primary N) is 1. The Balaban J connectivity index is 2.77. The van der Waals surface area contributed by atoms with Gasteiger partial charge in [-0.15, -0.1) is 0 Å². The number of aryl methyl sites for hydroxylation is 1. The molecule has 66 valence electrons. The van der Waals surface area contributed by atoms with Gasteiger partial charge in [0.1, 0.15) is 5.82 Å². The summed E-state index contributed by atoms with van der Waals surface area (Å²) in [5, 5.41) is 2.21. The Hall–Kier alpha value is -1.57. The van der Waals surface area contributed by atoms with Crippen LogP contribution in [0.3, 0.4) is 0 Å². The maximum Gasteiger partial charge on any atom is 0.131 e. The Bertz CT molecular complexity index is 435. The van der Waals surface area contributed by atoms with Crippen molar-refractivity contribution < 1.29 is 0 Å². The lowest BCUT2D eigenvalue weighted by atomic mass is 10.1. The van der Waals surface area contributed by atoms with Crippen LogP contribution in [0.5, 0.6) is 0 Å². The second kappa shape index (κ2) is 3.05. The molecule has 0 aliphatic heterocycles. The zero-order chi connectivity index (χ0) is 9.26. The Morgan fingerprint density at radius 3 is 2.85 bits per heavy atom. The lowest BCUT2D eigenvalue weighted by Gasteiger charge is -2.03. The standard InChI is InChI=1S/C11H12N2/c1-2-9-7-8-5-3-4-6-10(8)11(12)13-9/h3-7H,2H2,1H3,(H2,12,13). The number of anilines is 1. The van der Waals surface area contributed by atoms with Crippen LogP contribution in [0, 0.1) is 0 Å². The van der Waals surface area contributed by atoms with Crippen LogP contribution < -0.4 is 5.73 Å².